The number of nitrogens with zero attached hydrogens (tertiary/aromatic N) is 3. The van der Waals surface area contributed by atoms with Gasteiger partial charge >= 0.3 is 0 Å². The summed E-state index contributed by atoms with van der Waals surface area (Å²) < 4.78 is 5.53. The van der Waals surface area contributed by atoms with Crippen molar-refractivity contribution in [1.82, 2.24) is 15.0 Å². The van der Waals surface area contributed by atoms with Crippen LogP contribution in [0, 0.1) is 0 Å². The van der Waals surface area contributed by atoms with Gasteiger partial charge in [-0.15, -0.1) is 0 Å². The fourth-order valence-electron chi connectivity index (χ4n) is 0.706. The Morgan fingerprint density at radius 2 is 1.71 bits per heavy atom. The van der Waals surface area contributed by atoms with Crippen LogP contribution in [0.4, 0.5) is 0 Å². The van der Waals surface area contributed by atoms with Crippen LogP contribution >= 0.6 is 0 Å². The van der Waals surface area contributed by atoms with Gasteiger partial charge in [0.1, 0.15) is 0 Å². The predicted molar refractivity (Wildman–Crippen MR) is 51.5 cm³/mol. The van der Waals surface area contributed by atoms with Crippen LogP contribution in [0.15, 0.2) is 12.4 Å². The van der Waals surface area contributed by atoms with E-state index in [9.17, 15) is 5.11 Å². The van der Waals surface area contributed by atoms with E-state index in [0.717, 1.165) is 0 Å². The van der Waals surface area contributed by atoms with Crippen LogP contribution in [0.5, 0.6) is 0 Å². The van der Waals surface area contributed by atoms with Gasteiger partial charge in [0.25, 0.3) is 0 Å². The predicted octanol–water partition coefficient (Wildman–Crippen LogP) is 0.802. The second-order valence-corrected chi connectivity index (χ2v) is 4.24. The highest BCUT2D eigenvalue weighted by molar-refractivity contribution is 4.86. The maximum atomic E-state index is 9.80. The molecule has 1 N–H and O–H groups in total. The molecule has 0 saturated heterocycles. The molecule has 80 valence electrons. The van der Waals surface area contributed by atoms with Crippen molar-refractivity contribution in [2.45, 2.75) is 45.6 Å². The fraction of sp³-hybridized carbons (Fsp3) is 0.778. The first-order valence-corrected chi connectivity index (χ1v) is 4.53. The molecule has 0 fully saturated rings. The second kappa shape index (κ2) is 3.67. The molecule has 1 rings (SSSR count). The Kier molecular flexibility index (Phi) is 2.92. The van der Waals surface area contributed by atoms with E-state index < -0.39 is 11.2 Å². The molecule has 14 heavy (non-hydrogen) atoms. The molecule has 1 heterocycles. The van der Waals surface area contributed by atoms with E-state index in [-0.39, 0.29) is 6.73 Å². The lowest BCUT2D eigenvalue weighted by atomic mass is 9.90. The molecule has 5 nitrogen and oxygen atoms in total. The summed E-state index contributed by atoms with van der Waals surface area (Å²) in [6.07, 6.45) is 3.17. The topological polar surface area (TPSA) is 60.2 Å². The molecule has 0 bridgehead atoms. The summed E-state index contributed by atoms with van der Waals surface area (Å²) in [6, 6.07) is 0. The van der Waals surface area contributed by atoms with Crippen molar-refractivity contribution < 1.29 is 9.84 Å². The number of rotatable bonds is 4. The molecular formula is C9H17N3O2. The first-order valence-electron chi connectivity index (χ1n) is 4.53. The van der Waals surface area contributed by atoms with E-state index in [1.807, 2.05) is 13.8 Å². The van der Waals surface area contributed by atoms with Gasteiger partial charge in [-0.3, -0.25) is 0 Å². The Morgan fingerprint density at radius 3 is 2.14 bits per heavy atom. The third-order valence-corrected chi connectivity index (χ3v) is 2.48. The molecule has 0 aromatic carbocycles. The highest BCUT2D eigenvalue weighted by Gasteiger charge is 2.36. The first-order chi connectivity index (χ1) is 6.33. The molecule has 0 atom stereocenters. The van der Waals surface area contributed by atoms with Gasteiger partial charge in [0, 0.05) is 0 Å². The van der Waals surface area contributed by atoms with Crippen molar-refractivity contribution in [1.29, 1.82) is 0 Å². The van der Waals surface area contributed by atoms with Gasteiger partial charge in [-0.2, -0.15) is 15.0 Å². The van der Waals surface area contributed by atoms with E-state index in [2.05, 4.69) is 10.2 Å². The van der Waals surface area contributed by atoms with E-state index >= 15 is 0 Å². The van der Waals surface area contributed by atoms with Gasteiger partial charge in [0.15, 0.2) is 6.73 Å². The minimum absolute atomic E-state index is 0.240. The average molecular weight is 199 g/mol. The van der Waals surface area contributed by atoms with Crippen molar-refractivity contribution in [3.63, 3.8) is 0 Å². The third-order valence-electron chi connectivity index (χ3n) is 2.48. The smallest absolute Gasteiger partial charge is 0.159 e. The minimum atomic E-state index is -0.903. The van der Waals surface area contributed by atoms with Crippen molar-refractivity contribution in [2.24, 2.45) is 0 Å². The lowest BCUT2D eigenvalue weighted by Gasteiger charge is -2.36. The Morgan fingerprint density at radius 1 is 1.21 bits per heavy atom. The Hall–Kier alpha value is -0.940. The zero-order valence-corrected chi connectivity index (χ0v) is 9.06. The van der Waals surface area contributed by atoms with Crippen molar-refractivity contribution in [2.75, 3.05) is 0 Å². The largest absolute Gasteiger partial charge is 0.387 e. The van der Waals surface area contributed by atoms with E-state index in [0.29, 0.717) is 0 Å². The molecule has 0 radical (unpaired) electrons. The van der Waals surface area contributed by atoms with Crippen LogP contribution in [0.25, 0.3) is 0 Å². The highest BCUT2D eigenvalue weighted by Crippen LogP contribution is 2.24. The number of aliphatic hydroxyl groups is 1. The molecule has 0 unspecified atom stereocenters. The normalized spacial score (nSPS) is 13.2. The summed E-state index contributed by atoms with van der Waals surface area (Å²) in [7, 11) is 0. The van der Waals surface area contributed by atoms with Crippen LogP contribution < -0.4 is 0 Å². The number of hydrogen-bond acceptors (Lipinski definition) is 4. The van der Waals surface area contributed by atoms with Crippen LogP contribution in [0.2, 0.25) is 0 Å². The van der Waals surface area contributed by atoms with Crippen LogP contribution in [-0.4, -0.2) is 31.3 Å². The minimum Gasteiger partial charge on any atom is -0.387 e. The molecule has 1 aromatic heterocycles. The molecule has 0 aliphatic carbocycles. The number of aromatic nitrogens is 3. The summed E-state index contributed by atoms with van der Waals surface area (Å²) >= 11 is 0. The van der Waals surface area contributed by atoms with Gasteiger partial charge in [0.05, 0.1) is 23.6 Å². The van der Waals surface area contributed by atoms with E-state index in [1.54, 1.807) is 26.2 Å². The lowest BCUT2D eigenvalue weighted by molar-refractivity contribution is -0.170. The van der Waals surface area contributed by atoms with Crippen molar-refractivity contribution in [3.05, 3.63) is 12.4 Å². The molecule has 1 aromatic rings. The van der Waals surface area contributed by atoms with Crippen LogP contribution in [-0.2, 0) is 11.5 Å². The quantitative estimate of drug-likeness (QED) is 0.779. The number of ether oxygens (including phenoxy) is 1. The number of hydrogen-bond donors (Lipinski definition) is 1. The third kappa shape index (κ3) is 2.52. The van der Waals surface area contributed by atoms with Gasteiger partial charge in [-0.1, -0.05) is 0 Å². The molecule has 5 heteroatoms. The van der Waals surface area contributed by atoms with Crippen molar-refractivity contribution >= 4 is 0 Å². The van der Waals surface area contributed by atoms with Gasteiger partial charge < -0.3 is 9.84 Å². The van der Waals surface area contributed by atoms with Crippen LogP contribution in [0.1, 0.15) is 27.7 Å². The molecule has 0 aliphatic heterocycles. The summed E-state index contributed by atoms with van der Waals surface area (Å²) in [5, 5.41) is 17.6. The average Bonchev–Trinajstić information content (AvgIpc) is 2.50. The van der Waals surface area contributed by atoms with Gasteiger partial charge in [0.2, 0.25) is 0 Å². The van der Waals surface area contributed by atoms with E-state index in [1.165, 1.54) is 4.80 Å². The summed E-state index contributed by atoms with van der Waals surface area (Å²) in [5.74, 6) is 0. The maximum Gasteiger partial charge on any atom is 0.159 e. The fourth-order valence-corrected chi connectivity index (χ4v) is 0.706. The molecule has 0 saturated carbocycles. The molecule has 0 aliphatic rings. The lowest BCUT2D eigenvalue weighted by Crippen LogP contribution is -2.47. The Balaban J connectivity index is 2.53. The summed E-state index contributed by atoms with van der Waals surface area (Å²) in [6.45, 7) is 7.32. The molecule has 0 amide bonds. The summed E-state index contributed by atoms with van der Waals surface area (Å²) in [4.78, 5) is 1.42. The molecular weight excluding hydrogens is 182 g/mol. The van der Waals surface area contributed by atoms with Crippen LogP contribution in [0.3, 0.4) is 0 Å². The molecule has 0 spiro atoms. The monoisotopic (exact) mass is 199 g/mol. The van der Waals surface area contributed by atoms with Gasteiger partial charge in [-0.25, -0.2) is 0 Å². The SMILES string of the molecule is CC(C)(O)C(C)(C)OCn1nccn1. The Labute approximate surface area is 83.7 Å². The maximum absolute atomic E-state index is 9.80. The van der Waals surface area contributed by atoms with Crippen molar-refractivity contribution in [3.8, 4) is 0 Å². The van der Waals surface area contributed by atoms with E-state index in [4.69, 9.17) is 4.74 Å². The zero-order chi connectivity index (χ0) is 10.8. The summed E-state index contributed by atoms with van der Waals surface area (Å²) in [5.41, 5.74) is -1.54. The second-order valence-electron chi connectivity index (χ2n) is 4.24. The van der Waals surface area contributed by atoms with Gasteiger partial charge in [-0.05, 0) is 27.7 Å². The highest BCUT2D eigenvalue weighted by atomic mass is 16.5. The Bertz CT molecular complexity index is 275. The standard InChI is InChI=1S/C9H17N3O2/c1-8(2,13)9(3,4)14-7-12-10-5-6-11-12/h5-6,13H,7H2,1-4H3. The first kappa shape index (κ1) is 11.1. The zero-order valence-electron chi connectivity index (χ0n) is 9.06.